The Hall–Kier alpha value is -1.48. The largest absolute Gasteiger partial charge is 0.486 e. The fraction of sp³-hybridized carbons (Fsp3) is 0.333. The van der Waals surface area contributed by atoms with Crippen LogP contribution in [-0.4, -0.2) is 18.3 Å². The fourth-order valence-electron chi connectivity index (χ4n) is 1.48. The zero-order valence-corrected chi connectivity index (χ0v) is 8.69. The van der Waals surface area contributed by atoms with Crippen molar-refractivity contribution in [3.05, 3.63) is 36.4 Å². The number of benzene rings is 1. The molecule has 0 fully saturated rings. The summed E-state index contributed by atoms with van der Waals surface area (Å²) in [4.78, 5) is 0. The van der Waals surface area contributed by atoms with Gasteiger partial charge in [0.2, 0.25) is 0 Å². The van der Waals surface area contributed by atoms with Crippen molar-refractivity contribution in [1.82, 2.24) is 0 Å². The number of ether oxygens (including phenoxy) is 2. The van der Waals surface area contributed by atoms with Crippen LogP contribution in [0.1, 0.15) is 12.5 Å². The minimum Gasteiger partial charge on any atom is -0.486 e. The van der Waals surface area contributed by atoms with Gasteiger partial charge in [-0.15, -0.1) is 0 Å². The first-order valence-electron chi connectivity index (χ1n) is 4.89. The van der Waals surface area contributed by atoms with Gasteiger partial charge < -0.3 is 14.6 Å². The third-order valence-electron chi connectivity index (χ3n) is 2.52. The van der Waals surface area contributed by atoms with E-state index in [9.17, 15) is 5.11 Å². The molecule has 0 saturated heterocycles. The third-order valence-corrected chi connectivity index (χ3v) is 2.52. The first kappa shape index (κ1) is 10.1. The second kappa shape index (κ2) is 3.59. The summed E-state index contributed by atoms with van der Waals surface area (Å²) >= 11 is 0. The van der Waals surface area contributed by atoms with Crippen LogP contribution in [0.25, 0.3) is 0 Å². The molecule has 1 aromatic rings. The van der Waals surface area contributed by atoms with E-state index in [4.69, 9.17) is 9.47 Å². The van der Waals surface area contributed by atoms with Crippen LogP contribution < -0.4 is 9.47 Å². The Kier molecular flexibility index (Phi) is 2.40. The quantitative estimate of drug-likeness (QED) is 0.750. The van der Waals surface area contributed by atoms with Crippen LogP contribution in [0.3, 0.4) is 0 Å². The van der Waals surface area contributed by atoms with Gasteiger partial charge in [-0.05, 0) is 24.6 Å². The van der Waals surface area contributed by atoms with E-state index >= 15 is 0 Å². The first-order valence-corrected chi connectivity index (χ1v) is 4.89. The lowest BCUT2D eigenvalue weighted by Crippen LogP contribution is -2.19. The summed E-state index contributed by atoms with van der Waals surface area (Å²) in [7, 11) is 0. The van der Waals surface area contributed by atoms with Crippen molar-refractivity contribution in [3.8, 4) is 11.5 Å². The Labute approximate surface area is 88.9 Å². The van der Waals surface area contributed by atoms with E-state index in [2.05, 4.69) is 6.58 Å². The highest BCUT2D eigenvalue weighted by Crippen LogP contribution is 2.34. The van der Waals surface area contributed by atoms with Crippen LogP contribution in [0.15, 0.2) is 30.9 Å². The van der Waals surface area contributed by atoms with Crippen molar-refractivity contribution in [3.63, 3.8) is 0 Å². The zero-order chi connectivity index (χ0) is 10.9. The topological polar surface area (TPSA) is 38.7 Å². The van der Waals surface area contributed by atoms with E-state index in [1.54, 1.807) is 13.0 Å². The summed E-state index contributed by atoms with van der Waals surface area (Å²) < 4.78 is 10.8. The van der Waals surface area contributed by atoms with Crippen LogP contribution in [0.2, 0.25) is 0 Å². The maximum Gasteiger partial charge on any atom is 0.161 e. The van der Waals surface area contributed by atoms with Gasteiger partial charge in [-0.1, -0.05) is 18.7 Å². The fourth-order valence-corrected chi connectivity index (χ4v) is 1.48. The van der Waals surface area contributed by atoms with Crippen LogP contribution in [0, 0.1) is 0 Å². The molecule has 80 valence electrons. The van der Waals surface area contributed by atoms with Crippen LogP contribution >= 0.6 is 0 Å². The molecule has 0 aromatic heterocycles. The summed E-state index contributed by atoms with van der Waals surface area (Å²) in [5.41, 5.74) is -0.280. The number of hydrogen-bond acceptors (Lipinski definition) is 3. The predicted molar refractivity (Wildman–Crippen MR) is 57.2 cm³/mol. The third kappa shape index (κ3) is 1.83. The van der Waals surface area contributed by atoms with E-state index < -0.39 is 5.60 Å². The minimum absolute atomic E-state index is 0.548. The number of fused-ring (bicyclic) bond motifs is 1. The summed E-state index contributed by atoms with van der Waals surface area (Å²) in [6, 6.07) is 5.41. The molecule has 0 amide bonds. The number of hydrogen-bond donors (Lipinski definition) is 1. The van der Waals surface area contributed by atoms with Gasteiger partial charge in [-0.3, -0.25) is 0 Å². The van der Waals surface area contributed by atoms with Crippen molar-refractivity contribution in [2.24, 2.45) is 0 Å². The van der Waals surface area contributed by atoms with Crippen molar-refractivity contribution >= 4 is 0 Å². The van der Waals surface area contributed by atoms with Gasteiger partial charge in [-0.2, -0.15) is 0 Å². The molecular formula is C12H14O3. The summed E-state index contributed by atoms with van der Waals surface area (Å²) in [6.07, 6.45) is 1.50. The van der Waals surface area contributed by atoms with Crippen LogP contribution in [-0.2, 0) is 5.60 Å². The normalized spacial score (nSPS) is 18.0. The Morgan fingerprint density at radius 2 is 2.00 bits per heavy atom. The Bertz CT molecular complexity index is 382. The van der Waals surface area contributed by atoms with Gasteiger partial charge in [-0.25, -0.2) is 0 Å². The molecule has 3 nitrogen and oxygen atoms in total. The average molecular weight is 206 g/mol. The molecule has 1 unspecified atom stereocenters. The van der Waals surface area contributed by atoms with Crippen LogP contribution in [0.5, 0.6) is 11.5 Å². The Morgan fingerprint density at radius 3 is 2.67 bits per heavy atom. The highest BCUT2D eigenvalue weighted by molar-refractivity contribution is 5.46. The van der Waals surface area contributed by atoms with Crippen LogP contribution in [0.4, 0.5) is 0 Å². The van der Waals surface area contributed by atoms with Gasteiger partial charge in [0.15, 0.2) is 11.5 Å². The molecule has 1 N–H and O–H groups in total. The van der Waals surface area contributed by atoms with Gasteiger partial charge in [0.1, 0.15) is 18.8 Å². The molecule has 1 aliphatic rings. The van der Waals surface area contributed by atoms with Crippen molar-refractivity contribution < 1.29 is 14.6 Å². The molecule has 0 bridgehead atoms. The monoisotopic (exact) mass is 206 g/mol. The van der Waals surface area contributed by atoms with E-state index in [-0.39, 0.29) is 0 Å². The lowest BCUT2D eigenvalue weighted by Gasteiger charge is -2.23. The highest BCUT2D eigenvalue weighted by atomic mass is 16.6. The van der Waals surface area contributed by atoms with Gasteiger partial charge in [0.25, 0.3) is 0 Å². The van der Waals surface area contributed by atoms with Gasteiger partial charge in [0, 0.05) is 0 Å². The molecule has 3 heteroatoms. The molecule has 1 aromatic carbocycles. The van der Waals surface area contributed by atoms with Gasteiger partial charge in [0.05, 0.1) is 0 Å². The molecule has 15 heavy (non-hydrogen) atoms. The molecule has 0 radical (unpaired) electrons. The second-order valence-corrected chi connectivity index (χ2v) is 3.71. The maximum absolute atomic E-state index is 9.98. The van der Waals surface area contributed by atoms with E-state index in [0.717, 1.165) is 11.3 Å². The summed E-state index contributed by atoms with van der Waals surface area (Å²) in [6.45, 7) is 6.41. The van der Waals surface area contributed by atoms with Crippen molar-refractivity contribution in [2.75, 3.05) is 13.2 Å². The van der Waals surface area contributed by atoms with E-state index in [1.807, 2.05) is 12.1 Å². The number of aliphatic hydroxyl groups is 1. The minimum atomic E-state index is -1.03. The Morgan fingerprint density at radius 1 is 1.33 bits per heavy atom. The molecule has 0 spiro atoms. The molecule has 0 aliphatic carbocycles. The lowest BCUT2D eigenvalue weighted by atomic mass is 9.96. The molecule has 1 atom stereocenters. The average Bonchev–Trinajstić information content (AvgIpc) is 2.28. The van der Waals surface area contributed by atoms with Crippen molar-refractivity contribution in [1.29, 1.82) is 0 Å². The zero-order valence-electron chi connectivity index (χ0n) is 8.69. The number of rotatable bonds is 2. The predicted octanol–water partition coefficient (Wildman–Crippen LogP) is 1.85. The van der Waals surface area contributed by atoms with Gasteiger partial charge >= 0.3 is 0 Å². The lowest BCUT2D eigenvalue weighted by molar-refractivity contribution is 0.110. The molecule has 1 heterocycles. The van der Waals surface area contributed by atoms with Crippen molar-refractivity contribution in [2.45, 2.75) is 12.5 Å². The maximum atomic E-state index is 9.98. The van der Waals surface area contributed by atoms with E-state index in [0.29, 0.717) is 19.0 Å². The van der Waals surface area contributed by atoms with E-state index in [1.165, 1.54) is 6.08 Å². The second-order valence-electron chi connectivity index (χ2n) is 3.71. The summed E-state index contributed by atoms with van der Waals surface area (Å²) in [5, 5.41) is 9.98. The molecule has 2 rings (SSSR count). The SMILES string of the molecule is C=CC(C)(O)c1ccc2c(c1)OCCO2. The molecule has 1 aliphatic heterocycles. The first-order chi connectivity index (χ1) is 7.13. The standard InChI is InChI=1S/C12H14O3/c1-3-12(2,13)9-4-5-10-11(8-9)15-7-6-14-10/h3-5,8,13H,1,6-7H2,2H3. The highest BCUT2D eigenvalue weighted by Gasteiger charge is 2.21. The summed E-state index contributed by atoms with van der Waals surface area (Å²) in [5.74, 6) is 1.41. The smallest absolute Gasteiger partial charge is 0.161 e. The Balaban J connectivity index is 2.40. The molecular weight excluding hydrogens is 192 g/mol. The molecule has 0 saturated carbocycles.